The molecule has 1 N–H and O–H groups in total. The number of pyridine rings is 1. The van der Waals surface area contributed by atoms with Crippen LogP contribution in [0.3, 0.4) is 0 Å². The molecule has 0 saturated heterocycles. The molecule has 5 nitrogen and oxygen atoms in total. The molecule has 2 heterocycles. The van der Waals surface area contributed by atoms with Crippen molar-refractivity contribution in [1.29, 1.82) is 0 Å². The van der Waals surface area contributed by atoms with Gasteiger partial charge in [0.15, 0.2) is 0 Å². The van der Waals surface area contributed by atoms with Crippen molar-refractivity contribution < 1.29 is 14.3 Å². The van der Waals surface area contributed by atoms with Crippen LogP contribution in [0.5, 0.6) is 0 Å². The zero-order valence-electron chi connectivity index (χ0n) is 11.1. The number of carboxylic acids is 1. The van der Waals surface area contributed by atoms with Gasteiger partial charge in [0.1, 0.15) is 17.1 Å². The Morgan fingerprint density at radius 1 is 1.32 bits per heavy atom. The summed E-state index contributed by atoms with van der Waals surface area (Å²) < 4.78 is 6.83. The van der Waals surface area contributed by atoms with Gasteiger partial charge in [-0.25, -0.2) is 4.79 Å². The number of carboxylic acid groups (broad SMARTS) is 1. The van der Waals surface area contributed by atoms with Gasteiger partial charge in [0, 0.05) is 5.69 Å². The van der Waals surface area contributed by atoms with Crippen molar-refractivity contribution >= 4 is 5.97 Å². The van der Waals surface area contributed by atoms with Crippen LogP contribution < -0.4 is 5.56 Å². The minimum atomic E-state index is -1.20. The summed E-state index contributed by atoms with van der Waals surface area (Å²) in [7, 11) is 0. The average Bonchev–Trinajstić information content (AvgIpc) is 2.69. The Hall–Kier alpha value is -2.30. The molecule has 19 heavy (non-hydrogen) atoms. The van der Waals surface area contributed by atoms with Crippen LogP contribution in [0.4, 0.5) is 0 Å². The molecule has 0 aliphatic rings. The lowest BCUT2D eigenvalue weighted by atomic mass is 10.1. The lowest BCUT2D eigenvalue weighted by Gasteiger charge is -2.11. The summed E-state index contributed by atoms with van der Waals surface area (Å²) in [5.74, 6) is 0.182. The molecule has 0 aliphatic carbocycles. The van der Waals surface area contributed by atoms with Crippen molar-refractivity contribution in [3.8, 4) is 0 Å². The molecule has 5 heteroatoms. The largest absolute Gasteiger partial charge is 0.477 e. The highest BCUT2D eigenvalue weighted by Crippen LogP contribution is 2.11. The zero-order valence-corrected chi connectivity index (χ0v) is 11.1. The minimum absolute atomic E-state index is 0.186. The quantitative estimate of drug-likeness (QED) is 0.918. The van der Waals surface area contributed by atoms with E-state index in [1.807, 2.05) is 13.0 Å². The van der Waals surface area contributed by atoms with Gasteiger partial charge < -0.3 is 14.1 Å². The van der Waals surface area contributed by atoms with Crippen molar-refractivity contribution in [3.63, 3.8) is 0 Å². The van der Waals surface area contributed by atoms with Gasteiger partial charge >= 0.3 is 5.97 Å². The van der Waals surface area contributed by atoms with E-state index in [1.54, 1.807) is 26.0 Å². The van der Waals surface area contributed by atoms with Crippen molar-refractivity contribution in [2.75, 3.05) is 0 Å². The third kappa shape index (κ3) is 2.45. The van der Waals surface area contributed by atoms with Gasteiger partial charge in [0.05, 0.1) is 6.54 Å². The van der Waals surface area contributed by atoms with E-state index >= 15 is 0 Å². The van der Waals surface area contributed by atoms with Crippen LogP contribution in [0.1, 0.15) is 33.1 Å². The van der Waals surface area contributed by atoms with Gasteiger partial charge in [0.2, 0.25) is 0 Å². The third-order valence-electron chi connectivity index (χ3n) is 3.03. The van der Waals surface area contributed by atoms with Gasteiger partial charge in [-0.15, -0.1) is 0 Å². The monoisotopic (exact) mass is 261 g/mol. The molecule has 0 saturated carbocycles. The fraction of sp³-hybridized carbons (Fsp3) is 0.286. The average molecular weight is 261 g/mol. The van der Waals surface area contributed by atoms with Gasteiger partial charge in [-0.2, -0.15) is 0 Å². The number of furan rings is 1. The number of hydrogen-bond acceptors (Lipinski definition) is 3. The first-order chi connectivity index (χ1) is 8.90. The van der Waals surface area contributed by atoms with E-state index in [0.717, 1.165) is 5.76 Å². The number of rotatable bonds is 3. The van der Waals surface area contributed by atoms with Crippen molar-refractivity contribution in [2.45, 2.75) is 27.3 Å². The lowest BCUT2D eigenvalue weighted by molar-refractivity contribution is 0.0693. The van der Waals surface area contributed by atoms with Crippen LogP contribution >= 0.6 is 0 Å². The standard InChI is InChI=1S/C14H15NO4/c1-8-6-9(2)15(13(16)12(8)14(17)18)7-11-5-4-10(3)19-11/h4-6H,7H2,1-3H3,(H,17,18). The maximum atomic E-state index is 12.2. The minimum Gasteiger partial charge on any atom is -0.477 e. The Morgan fingerprint density at radius 3 is 2.53 bits per heavy atom. The second kappa shape index (κ2) is 4.76. The second-order valence-corrected chi connectivity index (χ2v) is 4.55. The molecule has 2 aromatic rings. The van der Waals surface area contributed by atoms with Crippen LogP contribution in [0.2, 0.25) is 0 Å². The topological polar surface area (TPSA) is 72.4 Å². The summed E-state index contributed by atoms with van der Waals surface area (Å²) in [5.41, 5.74) is 0.497. The molecule has 0 spiro atoms. The Bertz CT molecular complexity index is 694. The molecule has 0 fully saturated rings. The fourth-order valence-corrected chi connectivity index (χ4v) is 2.11. The fourth-order valence-electron chi connectivity index (χ4n) is 2.11. The van der Waals surface area contributed by atoms with Gasteiger partial charge in [-0.05, 0) is 44.5 Å². The molecule has 0 bridgehead atoms. The first kappa shape index (κ1) is 13.1. The lowest BCUT2D eigenvalue weighted by Crippen LogP contribution is -2.29. The van der Waals surface area contributed by atoms with Gasteiger partial charge in [-0.1, -0.05) is 0 Å². The van der Waals surface area contributed by atoms with Gasteiger partial charge in [-0.3, -0.25) is 4.79 Å². The van der Waals surface area contributed by atoms with E-state index in [-0.39, 0.29) is 12.1 Å². The molecule has 0 radical (unpaired) electrons. The Morgan fingerprint density at radius 2 is 2.00 bits per heavy atom. The first-order valence-electron chi connectivity index (χ1n) is 5.90. The highest BCUT2D eigenvalue weighted by atomic mass is 16.4. The molecule has 0 atom stereocenters. The number of aromatic nitrogens is 1. The number of carbonyl (C=O) groups is 1. The second-order valence-electron chi connectivity index (χ2n) is 4.55. The van der Waals surface area contributed by atoms with Crippen molar-refractivity contribution in [2.24, 2.45) is 0 Å². The summed E-state index contributed by atoms with van der Waals surface area (Å²) >= 11 is 0. The molecular formula is C14H15NO4. The molecule has 0 aliphatic heterocycles. The maximum Gasteiger partial charge on any atom is 0.341 e. The van der Waals surface area contributed by atoms with Crippen LogP contribution in [0, 0.1) is 20.8 Å². The summed E-state index contributed by atoms with van der Waals surface area (Å²) in [6.45, 7) is 5.45. The van der Waals surface area contributed by atoms with Gasteiger partial charge in [0.25, 0.3) is 5.56 Å². The Kier molecular flexibility index (Phi) is 3.29. The highest BCUT2D eigenvalue weighted by Gasteiger charge is 2.17. The normalized spacial score (nSPS) is 10.7. The summed E-state index contributed by atoms with van der Waals surface area (Å²) in [5, 5.41) is 9.10. The Balaban J connectivity index is 2.54. The third-order valence-corrected chi connectivity index (χ3v) is 3.03. The number of hydrogen-bond donors (Lipinski definition) is 1. The summed E-state index contributed by atoms with van der Waals surface area (Å²) in [6, 6.07) is 5.28. The van der Waals surface area contributed by atoms with E-state index in [4.69, 9.17) is 9.52 Å². The number of nitrogens with zero attached hydrogens (tertiary/aromatic N) is 1. The number of aromatic carboxylic acids is 1. The van der Waals surface area contributed by atoms with E-state index in [1.165, 1.54) is 4.57 Å². The maximum absolute atomic E-state index is 12.2. The molecule has 2 aromatic heterocycles. The van der Waals surface area contributed by atoms with E-state index in [0.29, 0.717) is 17.0 Å². The molecule has 0 unspecified atom stereocenters. The molecule has 100 valence electrons. The van der Waals surface area contributed by atoms with Crippen molar-refractivity contribution in [1.82, 2.24) is 4.57 Å². The molecule has 0 amide bonds. The summed E-state index contributed by atoms with van der Waals surface area (Å²) in [6.07, 6.45) is 0. The molecular weight excluding hydrogens is 246 g/mol. The first-order valence-corrected chi connectivity index (χ1v) is 5.90. The van der Waals surface area contributed by atoms with Crippen LogP contribution in [0.25, 0.3) is 0 Å². The zero-order chi connectivity index (χ0) is 14.2. The van der Waals surface area contributed by atoms with E-state index < -0.39 is 11.5 Å². The Labute approximate surface area is 110 Å². The van der Waals surface area contributed by atoms with E-state index in [2.05, 4.69) is 0 Å². The summed E-state index contributed by atoms with van der Waals surface area (Å²) in [4.78, 5) is 23.3. The van der Waals surface area contributed by atoms with Crippen LogP contribution in [-0.2, 0) is 6.54 Å². The van der Waals surface area contributed by atoms with Crippen molar-refractivity contribution in [3.05, 3.63) is 56.9 Å². The number of aryl methyl sites for hydroxylation is 3. The highest BCUT2D eigenvalue weighted by molar-refractivity contribution is 5.88. The van der Waals surface area contributed by atoms with Crippen LogP contribution in [0.15, 0.2) is 27.4 Å². The van der Waals surface area contributed by atoms with E-state index in [9.17, 15) is 9.59 Å². The molecule has 2 rings (SSSR count). The molecule has 0 aromatic carbocycles. The predicted octanol–water partition coefficient (Wildman–Crippen LogP) is 2.11. The smallest absolute Gasteiger partial charge is 0.341 e. The SMILES string of the molecule is Cc1ccc(Cn2c(C)cc(C)c(C(=O)O)c2=O)o1. The van der Waals surface area contributed by atoms with Crippen LogP contribution in [-0.4, -0.2) is 15.6 Å². The predicted molar refractivity (Wildman–Crippen MR) is 69.7 cm³/mol.